The van der Waals surface area contributed by atoms with Gasteiger partial charge in [0.2, 0.25) is 5.12 Å². The van der Waals surface area contributed by atoms with E-state index in [1.165, 1.54) is 14.2 Å². The molecule has 0 aromatic carbocycles. The molecule has 0 saturated heterocycles. The van der Waals surface area contributed by atoms with Crippen LogP contribution in [-0.2, 0) is 14.3 Å². The largest absolute Gasteiger partial charge is 0.453 e. The Kier molecular flexibility index (Phi) is 6.20. The van der Waals surface area contributed by atoms with Gasteiger partial charge in [-0.2, -0.15) is 0 Å². The van der Waals surface area contributed by atoms with Crippen molar-refractivity contribution in [1.29, 1.82) is 0 Å². The average Bonchev–Trinajstić information content (AvgIpc) is 2.22. The van der Waals surface area contributed by atoms with Crippen molar-refractivity contribution in [2.24, 2.45) is 0 Å². The van der Waals surface area contributed by atoms with Gasteiger partial charge in [-0.1, -0.05) is 0 Å². The monoisotopic (exact) mass is 269 g/mol. The van der Waals surface area contributed by atoms with E-state index in [1.54, 1.807) is 19.4 Å². The summed E-state index contributed by atoms with van der Waals surface area (Å²) in [5, 5.41) is 2.32. The van der Waals surface area contributed by atoms with Gasteiger partial charge in [0.15, 0.2) is 0 Å². The zero-order valence-corrected chi connectivity index (χ0v) is 11.9. The van der Waals surface area contributed by atoms with E-state index >= 15 is 0 Å². The number of nitrogens with one attached hydrogen (secondary N) is 1. The van der Waals surface area contributed by atoms with Crippen LogP contribution in [0.25, 0.3) is 0 Å². The van der Waals surface area contributed by atoms with Gasteiger partial charge in [0.25, 0.3) is 0 Å². The van der Waals surface area contributed by atoms with Crippen LogP contribution in [0.15, 0.2) is 0 Å². The Morgan fingerprint density at radius 3 is 2.12 bits per heavy atom. The van der Waals surface area contributed by atoms with Gasteiger partial charge in [-0.15, -0.1) is 20.7 Å². The molecule has 0 heterocycles. The van der Waals surface area contributed by atoms with Gasteiger partial charge in [0, 0.05) is 7.11 Å². The van der Waals surface area contributed by atoms with E-state index in [1.807, 2.05) is 0 Å². The standard InChI is InChI=1S/C9H19NO4S2/c1-6(13-2)7(10-9(12)14-3)8(11)16(4,5)15/h6-7,15H,1-5H3,(H,10,12)/t6?,7-/m0/s1. The summed E-state index contributed by atoms with van der Waals surface area (Å²) in [5.74, 6) is 0. The number of alkyl carbamates (subject to hydrolysis) is 1. The Bertz CT molecular complexity index is 265. The van der Waals surface area contributed by atoms with E-state index in [9.17, 15) is 9.59 Å². The Morgan fingerprint density at radius 1 is 1.31 bits per heavy atom. The van der Waals surface area contributed by atoms with Crippen LogP contribution in [0.1, 0.15) is 6.92 Å². The molecule has 0 spiro atoms. The predicted molar refractivity (Wildman–Crippen MR) is 69.2 cm³/mol. The van der Waals surface area contributed by atoms with E-state index in [4.69, 9.17) is 4.74 Å². The molecule has 0 aromatic rings. The van der Waals surface area contributed by atoms with Gasteiger partial charge >= 0.3 is 6.09 Å². The highest BCUT2D eigenvalue weighted by Crippen LogP contribution is 2.46. The minimum Gasteiger partial charge on any atom is -0.453 e. The van der Waals surface area contributed by atoms with Crippen LogP contribution in [-0.4, -0.2) is 50.1 Å². The number of carbonyl (C=O) groups excluding carboxylic acids is 2. The van der Waals surface area contributed by atoms with Gasteiger partial charge in [-0.25, -0.2) is 4.79 Å². The number of carbonyl (C=O) groups is 2. The summed E-state index contributed by atoms with van der Waals surface area (Å²) < 4.78 is 9.53. The minimum atomic E-state index is -1.71. The lowest BCUT2D eigenvalue weighted by molar-refractivity contribution is -0.115. The minimum absolute atomic E-state index is 0.143. The summed E-state index contributed by atoms with van der Waals surface area (Å²) in [6.45, 7) is 1.71. The first-order chi connectivity index (χ1) is 7.23. The average molecular weight is 269 g/mol. The second-order valence-electron chi connectivity index (χ2n) is 3.65. The van der Waals surface area contributed by atoms with Gasteiger partial charge in [0.05, 0.1) is 13.2 Å². The molecule has 0 aromatic heterocycles. The molecule has 0 saturated carbocycles. The first kappa shape index (κ1) is 15.6. The van der Waals surface area contributed by atoms with Crippen LogP contribution in [0.2, 0.25) is 0 Å². The van der Waals surface area contributed by atoms with Crippen LogP contribution < -0.4 is 5.32 Å². The maximum atomic E-state index is 12.0. The van der Waals surface area contributed by atoms with E-state index < -0.39 is 27.3 Å². The zero-order chi connectivity index (χ0) is 12.9. The fourth-order valence-corrected chi connectivity index (χ4v) is 2.21. The lowest BCUT2D eigenvalue weighted by atomic mass is 10.2. The third kappa shape index (κ3) is 4.63. The number of ether oxygens (including phenoxy) is 2. The van der Waals surface area contributed by atoms with Gasteiger partial charge in [0.1, 0.15) is 6.04 Å². The first-order valence-corrected chi connectivity index (χ1v) is 8.11. The Morgan fingerprint density at radius 2 is 1.81 bits per heavy atom. The summed E-state index contributed by atoms with van der Waals surface area (Å²) in [5.41, 5.74) is 0. The van der Waals surface area contributed by atoms with Gasteiger partial charge < -0.3 is 14.8 Å². The third-order valence-electron chi connectivity index (χ3n) is 2.05. The molecule has 0 aliphatic rings. The summed E-state index contributed by atoms with van der Waals surface area (Å²) in [4.78, 5) is 23.1. The van der Waals surface area contributed by atoms with Crippen LogP contribution >= 0.6 is 20.7 Å². The maximum Gasteiger partial charge on any atom is 0.407 e. The summed E-state index contributed by atoms with van der Waals surface area (Å²) in [7, 11) is 1.01. The molecular weight excluding hydrogens is 250 g/mol. The number of thiol groups is 1. The summed E-state index contributed by atoms with van der Waals surface area (Å²) in [6.07, 6.45) is 2.41. The Labute approximate surface area is 102 Å². The number of hydrogen-bond donors (Lipinski definition) is 2. The highest BCUT2D eigenvalue weighted by Gasteiger charge is 2.33. The van der Waals surface area contributed by atoms with Crippen molar-refractivity contribution in [3.05, 3.63) is 0 Å². The molecule has 5 nitrogen and oxygen atoms in total. The lowest BCUT2D eigenvalue weighted by Gasteiger charge is -2.30. The topological polar surface area (TPSA) is 64.6 Å². The normalized spacial score (nSPS) is 16.1. The number of methoxy groups -OCH3 is 2. The molecule has 0 fully saturated rings. The quantitative estimate of drug-likeness (QED) is 0.594. The molecular formula is C9H19NO4S2. The molecule has 96 valence electrons. The van der Waals surface area contributed by atoms with Crippen LogP contribution in [0, 0.1) is 0 Å². The van der Waals surface area contributed by atoms with Crippen molar-refractivity contribution in [2.45, 2.75) is 19.1 Å². The smallest absolute Gasteiger partial charge is 0.407 e. The molecule has 0 bridgehead atoms. The molecule has 1 unspecified atom stereocenters. The van der Waals surface area contributed by atoms with Gasteiger partial charge in [-0.3, -0.25) is 4.79 Å². The van der Waals surface area contributed by atoms with Crippen molar-refractivity contribution in [3.63, 3.8) is 0 Å². The summed E-state index contributed by atoms with van der Waals surface area (Å²) in [6, 6.07) is -0.736. The van der Waals surface area contributed by atoms with Crippen LogP contribution in [0.4, 0.5) is 4.79 Å². The van der Waals surface area contributed by atoms with Crippen molar-refractivity contribution >= 4 is 31.9 Å². The van der Waals surface area contributed by atoms with Crippen molar-refractivity contribution in [2.75, 3.05) is 26.7 Å². The van der Waals surface area contributed by atoms with Crippen LogP contribution in [0.5, 0.6) is 0 Å². The maximum absolute atomic E-state index is 12.0. The Balaban J connectivity index is 4.81. The number of hydrogen-bond acceptors (Lipinski definition) is 5. The number of rotatable bonds is 4. The fourth-order valence-electron chi connectivity index (χ4n) is 1.00. The molecule has 1 N–H and O–H groups in total. The lowest BCUT2D eigenvalue weighted by Crippen LogP contribution is -2.49. The Hall–Kier alpha value is -0.400. The highest BCUT2D eigenvalue weighted by atomic mass is 33.1. The van der Waals surface area contributed by atoms with E-state index in [-0.39, 0.29) is 5.12 Å². The molecule has 0 aliphatic carbocycles. The molecule has 16 heavy (non-hydrogen) atoms. The van der Waals surface area contributed by atoms with Gasteiger partial charge in [-0.05, 0) is 19.4 Å². The van der Waals surface area contributed by atoms with Crippen molar-refractivity contribution in [1.82, 2.24) is 5.32 Å². The fraction of sp³-hybridized carbons (Fsp3) is 0.778. The second kappa shape index (κ2) is 6.36. The van der Waals surface area contributed by atoms with E-state index in [0.29, 0.717) is 0 Å². The molecule has 2 atom stereocenters. The van der Waals surface area contributed by atoms with Crippen molar-refractivity contribution in [3.8, 4) is 0 Å². The van der Waals surface area contributed by atoms with E-state index in [0.717, 1.165) is 0 Å². The van der Waals surface area contributed by atoms with Crippen molar-refractivity contribution < 1.29 is 19.1 Å². The molecule has 0 aliphatic heterocycles. The molecule has 7 heteroatoms. The zero-order valence-electron chi connectivity index (χ0n) is 10.1. The molecule has 1 amide bonds. The molecule has 0 radical (unpaired) electrons. The summed E-state index contributed by atoms with van der Waals surface area (Å²) >= 11 is 4.26. The predicted octanol–water partition coefficient (Wildman–Crippen LogP) is 1.18. The highest BCUT2D eigenvalue weighted by molar-refractivity contribution is 8.93. The van der Waals surface area contributed by atoms with Crippen LogP contribution in [0.3, 0.4) is 0 Å². The third-order valence-corrected chi connectivity index (χ3v) is 3.82. The first-order valence-electron chi connectivity index (χ1n) is 4.61. The van der Waals surface area contributed by atoms with E-state index in [2.05, 4.69) is 21.7 Å². The number of amides is 1. The second-order valence-corrected chi connectivity index (χ2v) is 9.33. The SMILES string of the molecule is COC(=O)N[C@H](C(=O)S(C)(C)S)C(C)OC. The molecule has 0 rings (SSSR count).